The number of benzene rings is 1. The SMILES string of the molecule is NC1CCCC1Oc1ccc(Br)cc1C(F)(F)F. The second kappa shape index (κ2) is 5.09. The topological polar surface area (TPSA) is 35.2 Å². The van der Waals surface area contributed by atoms with Crippen LogP contribution in [-0.4, -0.2) is 12.1 Å². The van der Waals surface area contributed by atoms with Crippen molar-refractivity contribution >= 4 is 15.9 Å². The van der Waals surface area contributed by atoms with Crippen molar-refractivity contribution in [1.29, 1.82) is 0 Å². The number of rotatable bonds is 2. The fourth-order valence-electron chi connectivity index (χ4n) is 2.09. The highest BCUT2D eigenvalue weighted by Gasteiger charge is 2.36. The molecule has 1 saturated carbocycles. The summed E-state index contributed by atoms with van der Waals surface area (Å²) in [6, 6.07) is 3.70. The van der Waals surface area contributed by atoms with Crippen molar-refractivity contribution in [1.82, 2.24) is 0 Å². The lowest BCUT2D eigenvalue weighted by Gasteiger charge is -2.21. The number of alkyl halides is 3. The first-order chi connectivity index (χ1) is 8.38. The van der Waals surface area contributed by atoms with Gasteiger partial charge in [0.2, 0.25) is 0 Å². The van der Waals surface area contributed by atoms with Crippen molar-refractivity contribution in [3.63, 3.8) is 0 Å². The molecule has 0 aliphatic heterocycles. The van der Waals surface area contributed by atoms with Crippen molar-refractivity contribution in [2.75, 3.05) is 0 Å². The van der Waals surface area contributed by atoms with E-state index in [0.717, 1.165) is 18.9 Å². The summed E-state index contributed by atoms with van der Waals surface area (Å²) in [4.78, 5) is 0. The van der Waals surface area contributed by atoms with Crippen molar-refractivity contribution in [3.05, 3.63) is 28.2 Å². The van der Waals surface area contributed by atoms with Crippen LogP contribution in [0.4, 0.5) is 13.2 Å². The fourth-order valence-corrected chi connectivity index (χ4v) is 2.45. The molecule has 0 bridgehead atoms. The molecule has 1 aromatic rings. The minimum absolute atomic E-state index is 0.145. The second-order valence-electron chi connectivity index (χ2n) is 4.39. The third-order valence-corrected chi connectivity index (χ3v) is 3.52. The van der Waals surface area contributed by atoms with E-state index in [1.54, 1.807) is 0 Å². The zero-order chi connectivity index (χ0) is 13.3. The molecule has 0 spiro atoms. The van der Waals surface area contributed by atoms with E-state index in [1.807, 2.05) is 0 Å². The van der Waals surface area contributed by atoms with Gasteiger partial charge in [0, 0.05) is 10.5 Å². The summed E-state index contributed by atoms with van der Waals surface area (Å²) >= 11 is 3.03. The number of ether oxygens (including phenoxy) is 1. The van der Waals surface area contributed by atoms with Crippen LogP contribution in [0.2, 0.25) is 0 Å². The third-order valence-electron chi connectivity index (χ3n) is 3.03. The van der Waals surface area contributed by atoms with Gasteiger partial charge in [-0.1, -0.05) is 15.9 Å². The lowest BCUT2D eigenvalue weighted by atomic mass is 10.2. The summed E-state index contributed by atoms with van der Waals surface area (Å²) in [5, 5.41) is 0. The van der Waals surface area contributed by atoms with Gasteiger partial charge in [-0.2, -0.15) is 13.2 Å². The molecule has 1 aromatic carbocycles. The molecule has 2 unspecified atom stereocenters. The molecular formula is C12H13BrF3NO. The summed E-state index contributed by atoms with van der Waals surface area (Å²) in [6.07, 6.45) is -2.37. The average molecular weight is 324 g/mol. The molecule has 0 saturated heterocycles. The standard InChI is InChI=1S/C12H13BrF3NO/c13-7-4-5-10(8(6-7)12(14,15)16)18-11-3-1-2-9(11)17/h4-6,9,11H,1-3,17H2. The van der Waals surface area contributed by atoms with E-state index in [4.69, 9.17) is 10.5 Å². The van der Waals surface area contributed by atoms with Gasteiger partial charge < -0.3 is 10.5 Å². The molecule has 6 heteroatoms. The Morgan fingerprint density at radius 3 is 2.56 bits per heavy atom. The van der Waals surface area contributed by atoms with Crippen LogP contribution in [-0.2, 0) is 6.18 Å². The lowest BCUT2D eigenvalue weighted by Crippen LogP contribution is -2.34. The summed E-state index contributed by atoms with van der Waals surface area (Å²) in [6.45, 7) is 0. The zero-order valence-corrected chi connectivity index (χ0v) is 11.1. The molecule has 1 aliphatic carbocycles. The van der Waals surface area contributed by atoms with Gasteiger partial charge in [-0.25, -0.2) is 0 Å². The number of hydrogen-bond donors (Lipinski definition) is 1. The van der Waals surface area contributed by atoms with Crippen molar-refractivity contribution in [2.45, 2.75) is 37.6 Å². The third kappa shape index (κ3) is 2.98. The molecule has 1 fully saturated rings. The van der Waals surface area contributed by atoms with E-state index in [9.17, 15) is 13.2 Å². The molecule has 1 aliphatic rings. The summed E-state index contributed by atoms with van der Waals surface area (Å²) in [7, 11) is 0. The normalized spacial score (nSPS) is 24.3. The van der Waals surface area contributed by atoms with E-state index >= 15 is 0 Å². The van der Waals surface area contributed by atoms with Gasteiger partial charge in [0.05, 0.1) is 5.56 Å². The Hall–Kier alpha value is -0.750. The fraction of sp³-hybridized carbons (Fsp3) is 0.500. The first-order valence-corrected chi connectivity index (χ1v) is 6.46. The van der Waals surface area contributed by atoms with Crippen LogP contribution in [0.3, 0.4) is 0 Å². The molecule has 100 valence electrons. The molecule has 0 aromatic heterocycles. The summed E-state index contributed by atoms with van der Waals surface area (Å²) < 4.78 is 44.4. The van der Waals surface area contributed by atoms with Crippen molar-refractivity contribution in [2.24, 2.45) is 5.73 Å². The number of halogens is 4. The minimum atomic E-state index is -4.43. The highest BCUT2D eigenvalue weighted by molar-refractivity contribution is 9.10. The highest BCUT2D eigenvalue weighted by atomic mass is 79.9. The van der Waals surface area contributed by atoms with Crippen molar-refractivity contribution < 1.29 is 17.9 Å². The molecule has 2 nitrogen and oxygen atoms in total. The average Bonchev–Trinajstić information content (AvgIpc) is 2.66. The Bertz CT molecular complexity index is 436. The van der Waals surface area contributed by atoms with Crippen LogP contribution in [0.15, 0.2) is 22.7 Å². The van der Waals surface area contributed by atoms with E-state index in [1.165, 1.54) is 12.1 Å². The quantitative estimate of drug-likeness (QED) is 0.900. The maximum atomic E-state index is 12.9. The van der Waals surface area contributed by atoms with Crippen LogP contribution in [0.1, 0.15) is 24.8 Å². The minimum Gasteiger partial charge on any atom is -0.488 e. The maximum absolute atomic E-state index is 12.9. The maximum Gasteiger partial charge on any atom is 0.420 e. The molecule has 0 radical (unpaired) electrons. The van der Waals surface area contributed by atoms with Gasteiger partial charge in [-0.05, 0) is 37.5 Å². The van der Waals surface area contributed by atoms with E-state index in [0.29, 0.717) is 10.9 Å². The van der Waals surface area contributed by atoms with Gasteiger partial charge in [0.25, 0.3) is 0 Å². The summed E-state index contributed by atoms with van der Waals surface area (Å²) in [5.41, 5.74) is 5.03. The van der Waals surface area contributed by atoms with Crippen LogP contribution in [0, 0.1) is 0 Å². The van der Waals surface area contributed by atoms with Gasteiger partial charge in [0.1, 0.15) is 11.9 Å². The first kappa shape index (κ1) is 13.7. The van der Waals surface area contributed by atoms with Crippen LogP contribution >= 0.6 is 15.9 Å². The number of hydrogen-bond acceptors (Lipinski definition) is 2. The zero-order valence-electron chi connectivity index (χ0n) is 9.51. The Morgan fingerprint density at radius 2 is 2.00 bits per heavy atom. The molecule has 2 atom stereocenters. The largest absolute Gasteiger partial charge is 0.488 e. The molecule has 2 N–H and O–H groups in total. The van der Waals surface area contributed by atoms with E-state index in [-0.39, 0.29) is 17.9 Å². The first-order valence-electron chi connectivity index (χ1n) is 5.67. The Morgan fingerprint density at radius 1 is 1.28 bits per heavy atom. The lowest BCUT2D eigenvalue weighted by molar-refractivity contribution is -0.139. The summed E-state index contributed by atoms with van der Waals surface area (Å²) in [5.74, 6) is -0.145. The van der Waals surface area contributed by atoms with Crippen LogP contribution in [0.25, 0.3) is 0 Å². The van der Waals surface area contributed by atoms with Gasteiger partial charge in [0.15, 0.2) is 0 Å². The smallest absolute Gasteiger partial charge is 0.420 e. The Kier molecular flexibility index (Phi) is 3.87. The molecule has 0 amide bonds. The van der Waals surface area contributed by atoms with Crippen molar-refractivity contribution in [3.8, 4) is 5.75 Å². The molecule has 0 heterocycles. The number of nitrogens with two attached hydrogens (primary N) is 1. The Balaban J connectivity index is 2.27. The Labute approximate surface area is 111 Å². The van der Waals surface area contributed by atoms with Crippen LogP contribution < -0.4 is 10.5 Å². The predicted octanol–water partition coefficient (Wildman–Crippen LogP) is 3.73. The van der Waals surface area contributed by atoms with Crippen LogP contribution in [0.5, 0.6) is 5.75 Å². The second-order valence-corrected chi connectivity index (χ2v) is 5.30. The predicted molar refractivity (Wildman–Crippen MR) is 65.4 cm³/mol. The van der Waals surface area contributed by atoms with Gasteiger partial charge in [-0.3, -0.25) is 0 Å². The molecule has 18 heavy (non-hydrogen) atoms. The van der Waals surface area contributed by atoms with Gasteiger partial charge in [-0.15, -0.1) is 0 Å². The van der Waals surface area contributed by atoms with E-state index < -0.39 is 11.7 Å². The monoisotopic (exact) mass is 323 g/mol. The van der Waals surface area contributed by atoms with Gasteiger partial charge >= 0.3 is 6.18 Å². The molecular weight excluding hydrogens is 311 g/mol. The highest BCUT2D eigenvalue weighted by Crippen LogP contribution is 2.39. The molecule has 2 rings (SSSR count). The van der Waals surface area contributed by atoms with E-state index in [2.05, 4.69) is 15.9 Å².